The summed E-state index contributed by atoms with van der Waals surface area (Å²) in [5.74, 6) is 0.819. The molecule has 1 saturated carbocycles. The molecular weight excluding hydrogens is 335 g/mol. The van der Waals surface area contributed by atoms with Crippen LogP contribution in [0.3, 0.4) is 0 Å². The molecule has 5 atom stereocenters. The van der Waals surface area contributed by atoms with E-state index < -0.39 is 0 Å². The molecule has 2 rings (SSSR count). The first-order valence-corrected chi connectivity index (χ1v) is 8.21. The highest BCUT2D eigenvalue weighted by atomic mass is 127. The van der Waals surface area contributed by atoms with Gasteiger partial charge in [0.25, 0.3) is 0 Å². The average molecular weight is 358 g/mol. The Morgan fingerprint density at radius 2 is 2.06 bits per heavy atom. The van der Waals surface area contributed by atoms with Gasteiger partial charge in [-0.1, -0.05) is 29.0 Å². The van der Waals surface area contributed by atoms with E-state index in [4.69, 9.17) is 17.3 Å². The van der Waals surface area contributed by atoms with Gasteiger partial charge in [-0.2, -0.15) is 0 Å². The zero-order chi connectivity index (χ0) is 11.5. The molecule has 0 aromatic rings. The highest BCUT2D eigenvalue weighted by Gasteiger charge is 2.31. The summed E-state index contributed by atoms with van der Waals surface area (Å²) in [7, 11) is 0. The number of hydrogen-bond acceptors (Lipinski definition) is 1. The fourth-order valence-electron chi connectivity index (χ4n) is 3.12. The van der Waals surface area contributed by atoms with E-state index in [9.17, 15) is 0 Å². The third-order valence-corrected chi connectivity index (χ3v) is 5.53. The number of rotatable bonds is 2. The van der Waals surface area contributed by atoms with Crippen LogP contribution in [0.5, 0.6) is 0 Å². The topological polar surface area (TPSA) is 30.5 Å². The normalized spacial score (nSPS) is 45.6. The SMILES string of the molecule is NC1CCC(I)C[NH+]1CC1CCCC(Cl)C1. The summed E-state index contributed by atoms with van der Waals surface area (Å²) >= 11 is 8.83. The molecule has 1 heterocycles. The van der Waals surface area contributed by atoms with E-state index in [-0.39, 0.29) is 0 Å². The minimum atomic E-state index is 0.377. The molecule has 2 aliphatic rings. The molecule has 1 saturated heterocycles. The van der Waals surface area contributed by atoms with Gasteiger partial charge in [-0.15, -0.1) is 11.6 Å². The Kier molecular flexibility index (Phi) is 5.19. The standard InChI is InChI=1S/C12H22ClIN2/c13-10-3-1-2-9(6-10)7-16-8-11(14)4-5-12(16)15/h9-12H,1-8,15H2/p+1. The van der Waals surface area contributed by atoms with Gasteiger partial charge in [-0.25, -0.2) is 0 Å². The van der Waals surface area contributed by atoms with E-state index in [0.29, 0.717) is 11.5 Å². The first-order valence-electron chi connectivity index (χ1n) is 6.53. The van der Waals surface area contributed by atoms with Crippen molar-refractivity contribution in [1.29, 1.82) is 0 Å². The molecule has 1 aliphatic carbocycles. The van der Waals surface area contributed by atoms with Crippen LogP contribution in [0.2, 0.25) is 0 Å². The summed E-state index contributed by atoms with van der Waals surface area (Å²) in [6, 6.07) is 0. The van der Waals surface area contributed by atoms with E-state index in [1.807, 2.05) is 0 Å². The van der Waals surface area contributed by atoms with Gasteiger partial charge in [-0.05, 0) is 25.7 Å². The number of piperidine rings is 1. The van der Waals surface area contributed by atoms with Gasteiger partial charge < -0.3 is 4.90 Å². The fraction of sp³-hybridized carbons (Fsp3) is 1.00. The van der Waals surface area contributed by atoms with Gasteiger partial charge in [0.05, 0.1) is 17.0 Å². The van der Waals surface area contributed by atoms with Crippen molar-refractivity contribution in [2.75, 3.05) is 13.1 Å². The van der Waals surface area contributed by atoms with E-state index >= 15 is 0 Å². The highest BCUT2D eigenvalue weighted by Crippen LogP contribution is 2.27. The molecule has 2 nitrogen and oxygen atoms in total. The second-order valence-electron chi connectivity index (χ2n) is 5.48. The van der Waals surface area contributed by atoms with Crippen LogP contribution in [0.1, 0.15) is 38.5 Å². The van der Waals surface area contributed by atoms with Gasteiger partial charge in [0.1, 0.15) is 6.17 Å². The van der Waals surface area contributed by atoms with E-state index in [2.05, 4.69) is 22.6 Å². The Balaban J connectivity index is 1.82. The molecule has 3 N–H and O–H groups in total. The van der Waals surface area contributed by atoms with Gasteiger partial charge in [0.15, 0.2) is 0 Å². The van der Waals surface area contributed by atoms with E-state index in [0.717, 1.165) is 9.84 Å². The zero-order valence-corrected chi connectivity index (χ0v) is 12.7. The lowest BCUT2D eigenvalue weighted by Crippen LogP contribution is -3.19. The number of nitrogens with one attached hydrogen (secondary N) is 1. The van der Waals surface area contributed by atoms with Gasteiger partial charge in [0.2, 0.25) is 0 Å². The van der Waals surface area contributed by atoms with Crippen LogP contribution < -0.4 is 10.6 Å². The lowest BCUT2D eigenvalue weighted by molar-refractivity contribution is -0.932. The maximum Gasteiger partial charge on any atom is 0.138 e. The first-order chi connectivity index (χ1) is 7.65. The number of halogens is 2. The predicted molar refractivity (Wildman–Crippen MR) is 77.3 cm³/mol. The maximum absolute atomic E-state index is 6.25. The minimum Gasteiger partial charge on any atom is -0.319 e. The second kappa shape index (κ2) is 6.21. The highest BCUT2D eigenvalue weighted by molar-refractivity contribution is 14.1. The Morgan fingerprint density at radius 1 is 1.25 bits per heavy atom. The number of nitrogens with two attached hydrogens (primary N) is 1. The molecule has 16 heavy (non-hydrogen) atoms. The number of quaternary nitrogens is 1. The zero-order valence-electron chi connectivity index (χ0n) is 9.80. The van der Waals surface area contributed by atoms with Crippen molar-refractivity contribution in [3.63, 3.8) is 0 Å². The van der Waals surface area contributed by atoms with Crippen molar-refractivity contribution in [1.82, 2.24) is 0 Å². The summed E-state index contributed by atoms with van der Waals surface area (Å²) in [6.45, 7) is 2.51. The second-order valence-corrected chi connectivity index (χ2v) is 7.86. The minimum absolute atomic E-state index is 0.377. The Hall–Kier alpha value is 0.940. The predicted octanol–water partition coefficient (Wildman–Crippen LogP) is 1.55. The molecule has 2 fully saturated rings. The van der Waals surface area contributed by atoms with E-state index in [1.54, 1.807) is 4.90 Å². The van der Waals surface area contributed by atoms with Crippen molar-refractivity contribution in [2.45, 2.75) is 54.0 Å². The summed E-state index contributed by atoms with van der Waals surface area (Å²) in [5.41, 5.74) is 6.22. The quantitative estimate of drug-likeness (QED) is 0.570. The van der Waals surface area contributed by atoms with E-state index in [1.165, 1.54) is 51.6 Å². The van der Waals surface area contributed by atoms with Crippen molar-refractivity contribution >= 4 is 34.2 Å². The number of hydrogen-bond donors (Lipinski definition) is 2. The summed E-state index contributed by atoms with van der Waals surface area (Å²) in [4.78, 5) is 1.63. The summed E-state index contributed by atoms with van der Waals surface area (Å²) in [6.07, 6.45) is 7.98. The molecule has 0 aromatic carbocycles. The summed E-state index contributed by atoms with van der Waals surface area (Å²) in [5, 5.41) is 0.426. The first kappa shape index (κ1) is 13.4. The van der Waals surface area contributed by atoms with Crippen LogP contribution in [-0.2, 0) is 0 Å². The largest absolute Gasteiger partial charge is 0.319 e. The van der Waals surface area contributed by atoms with Crippen LogP contribution in [0.15, 0.2) is 0 Å². The third-order valence-electron chi connectivity index (χ3n) is 4.07. The lowest BCUT2D eigenvalue weighted by atomic mass is 9.88. The molecule has 0 bridgehead atoms. The molecule has 0 aromatic heterocycles. The van der Waals surface area contributed by atoms with Crippen LogP contribution >= 0.6 is 34.2 Å². The lowest BCUT2D eigenvalue weighted by Gasteiger charge is -2.36. The fourth-order valence-corrected chi connectivity index (χ4v) is 4.45. The van der Waals surface area contributed by atoms with Gasteiger partial charge in [0, 0.05) is 17.7 Å². The molecule has 4 heteroatoms. The molecular formula is C12H23ClIN2+. The monoisotopic (exact) mass is 357 g/mol. The maximum atomic E-state index is 6.25. The molecule has 5 unspecified atom stereocenters. The van der Waals surface area contributed by atoms with Gasteiger partial charge in [-0.3, -0.25) is 5.73 Å². The van der Waals surface area contributed by atoms with Crippen LogP contribution in [0, 0.1) is 5.92 Å². The third kappa shape index (κ3) is 3.72. The molecule has 1 aliphatic heterocycles. The molecule has 0 amide bonds. The Labute approximate surface area is 117 Å². The molecule has 0 radical (unpaired) electrons. The van der Waals surface area contributed by atoms with Gasteiger partial charge >= 0.3 is 0 Å². The smallest absolute Gasteiger partial charge is 0.138 e. The average Bonchev–Trinajstić information content (AvgIpc) is 2.24. The summed E-state index contributed by atoms with van der Waals surface area (Å²) < 4.78 is 0.822. The van der Waals surface area contributed by atoms with Crippen molar-refractivity contribution < 1.29 is 4.90 Å². The van der Waals surface area contributed by atoms with Crippen LogP contribution in [0.4, 0.5) is 0 Å². The van der Waals surface area contributed by atoms with Crippen LogP contribution in [-0.4, -0.2) is 28.6 Å². The van der Waals surface area contributed by atoms with Crippen LogP contribution in [0.25, 0.3) is 0 Å². The van der Waals surface area contributed by atoms with Crippen molar-refractivity contribution in [3.8, 4) is 0 Å². The van der Waals surface area contributed by atoms with Crippen molar-refractivity contribution in [2.24, 2.45) is 11.7 Å². The van der Waals surface area contributed by atoms with Crippen molar-refractivity contribution in [3.05, 3.63) is 0 Å². The number of alkyl halides is 2. The number of likely N-dealkylation sites (tertiary alicyclic amines) is 1. The molecule has 0 spiro atoms. The molecule has 94 valence electrons. The Morgan fingerprint density at radius 3 is 2.81 bits per heavy atom. The Bertz CT molecular complexity index is 227.